The Balaban J connectivity index is 4.82. The first kappa shape index (κ1) is 16.7. The number of amides is 2. The Morgan fingerprint density at radius 2 is 1.11 bits per heavy atom. The average molecular weight is 272 g/mol. The van der Waals surface area contributed by atoms with E-state index in [9.17, 15) is 27.2 Å². The zero-order valence-corrected chi connectivity index (χ0v) is 10.2. The first-order valence-corrected chi connectivity index (χ1v) is 5.54. The second-order valence-electron chi connectivity index (χ2n) is 3.66. The summed E-state index contributed by atoms with van der Waals surface area (Å²) in [6.07, 6.45) is 0.630. The normalized spacial score (nSPS) is 12.1. The van der Waals surface area contributed by atoms with Gasteiger partial charge in [0.25, 0.3) is 11.8 Å². The van der Waals surface area contributed by atoms with Gasteiger partial charge in [0.2, 0.25) is 0 Å². The minimum Gasteiger partial charge on any atom is -0.351 e. The van der Waals surface area contributed by atoms with Crippen LogP contribution >= 0.6 is 0 Å². The van der Waals surface area contributed by atoms with Crippen molar-refractivity contribution in [3.63, 3.8) is 0 Å². The number of hydrogen-bond acceptors (Lipinski definition) is 2. The van der Waals surface area contributed by atoms with Crippen LogP contribution in [0.1, 0.15) is 26.7 Å². The molecule has 0 spiro atoms. The molecule has 0 aliphatic heterocycles. The summed E-state index contributed by atoms with van der Waals surface area (Å²) in [4.78, 5) is 21.9. The van der Waals surface area contributed by atoms with E-state index in [0.717, 1.165) is 0 Å². The predicted molar refractivity (Wildman–Crippen MR) is 56.5 cm³/mol. The fraction of sp³-hybridized carbons (Fsp3) is 0.800. The molecule has 0 saturated carbocycles. The number of alkyl halides is 4. The molecule has 18 heavy (non-hydrogen) atoms. The largest absolute Gasteiger partial charge is 0.395 e. The van der Waals surface area contributed by atoms with Gasteiger partial charge in [-0.1, -0.05) is 13.8 Å². The molecular formula is C10H16F4N2O2. The third-order valence-electron chi connectivity index (χ3n) is 2.04. The van der Waals surface area contributed by atoms with Crippen LogP contribution in [0, 0.1) is 0 Å². The molecule has 0 unspecified atom stereocenters. The number of rotatable bonds is 7. The van der Waals surface area contributed by atoms with Gasteiger partial charge in [-0.25, -0.2) is 0 Å². The maximum Gasteiger partial charge on any atom is 0.395 e. The fourth-order valence-electron chi connectivity index (χ4n) is 0.984. The van der Waals surface area contributed by atoms with E-state index in [1.807, 2.05) is 0 Å². The highest BCUT2D eigenvalue weighted by Crippen LogP contribution is 2.34. The standard InChI is InChI=1S/C10H16F4N2O2/c1-3-5-15-7(17)9(11,12)10(13,14)8(18)16-6-4-2/h3-6H2,1-2H3,(H,15,17)(H,16,18). The molecule has 0 heterocycles. The smallest absolute Gasteiger partial charge is 0.351 e. The molecule has 2 N–H and O–H groups in total. The number of carbonyl (C=O) groups is 2. The van der Waals surface area contributed by atoms with Crippen molar-refractivity contribution >= 4 is 11.8 Å². The van der Waals surface area contributed by atoms with Gasteiger partial charge in [-0.3, -0.25) is 9.59 Å². The molecule has 0 aromatic rings. The fourth-order valence-corrected chi connectivity index (χ4v) is 0.984. The lowest BCUT2D eigenvalue weighted by Crippen LogP contribution is -2.59. The first-order valence-electron chi connectivity index (χ1n) is 5.54. The average Bonchev–Trinajstić information content (AvgIpc) is 2.32. The van der Waals surface area contributed by atoms with Crippen molar-refractivity contribution in [2.75, 3.05) is 13.1 Å². The minimum absolute atomic E-state index is 0.166. The molecule has 106 valence electrons. The van der Waals surface area contributed by atoms with Gasteiger partial charge in [0.1, 0.15) is 0 Å². The molecule has 0 rings (SSSR count). The topological polar surface area (TPSA) is 58.2 Å². The van der Waals surface area contributed by atoms with Crippen molar-refractivity contribution in [2.45, 2.75) is 38.5 Å². The maximum atomic E-state index is 13.2. The zero-order chi connectivity index (χ0) is 14.4. The lowest BCUT2D eigenvalue weighted by Gasteiger charge is -2.24. The van der Waals surface area contributed by atoms with Crippen LogP contribution in [-0.2, 0) is 9.59 Å². The van der Waals surface area contributed by atoms with Crippen LogP contribution < -0.4 is 10.6 Å². The van der Waals surface area contributed by atoms with Gasteiger partial charge >= 0.3 is 11.8 Å². The van der Waals surface area contributed by atoms with Crippen molar-refractivity contribution in [1.29, 1.82) is 0 Å². The highest BCUT2D eigenvalue weighted by atomic mass is 19.3. The Morgan fingerprint density at radius 1 is 0.833 bits per heavy atom. The van der Waals surface area contributed by atoms with Gasteiger partial charge in [-0.2, -0.15) is 17.6 Å². The summed E-state index contributed by atoms with van der Waals surface area (Å²) in [5.41, 5.74) is 0. The van der Waals surface area contributed by atoms with E-state index in [2.05, 4.69) is 0 Å². The van der Waals surface area contributed by atoms with E-state index in [1.165, 1.54) is 0 Å². The van der Waals surface area contributed by atoms with E-state index in [1.54, 1.807) is 24.5 Å². The van der Waals surface area contributed by atoms with Crippen molar-refractivity contribution in [3.05, 3.63) is 0 Å². The molecule has 0 aromatic carbocycles. The van der Waals surface area contributed by atoms with Crippen LogP contribution in [0.2, 0.25) is 0 Å². The number of halogens is 4. The van der Waals surface area contributed by atoms with Gasteiger partial charge in [0, 0.05) is 13.1 Å². The van der Waals surface area contributed by atoms with Crippen molar-refractivity contribution in [2.24, 2.45) is 0 Å². The van der Waals surface area contributed by atoms with Crippen LogP contribution in [0.5, 0.6) is 0 Å². The summed E-state index contributed by atoms with van der Waals surface area (Å²) in [6, 6.07) is 0. The van der Waals surface area contributed by atoms with Crippen LogP contribution in [0.15, 0.2) is 0 Å². The highest BCUT2D eigenvalue weighted by molar-refractivity contribution is 5.95. The SMILES string of the molecule is CCCNC(=O)C(F)(F)C(F)(F)C(=O)NCCC. The van der Waals surface area contributed by atoms with Crippen LogP contribution in [-0.4, -0.2) is 36.7 Å². The summed E-state index contributed by atoms with van der Waals surface area (Å²) in [6.45, 7) is 2.82. The van der Waals surface area contributed by atoms with Gasteiger partial charge in [-0.05, 0) is 12.8 Å². The molecule has 0 aromatic heterocycles. The summed E-state index contributed by atoms with van der Waals surface area (Å²) >= 11 is 0. The second-order valence-corrected chi connectivity index (χ2v) is 3.66. The zero-order valence-electron chi connectivity index (χ0n) is 10.2. The van der Waals surface area contributed by atoms with E-state index in [-0.39, 0.29) is 13.1 Å². The minimum atomic E-state index is -5.07. The Bertz CT molecular complexity index is 278. The molecule has 0 saturated heterocycles. The molecule has 0 fully saturated rings. The summed E-state index contributed by atoms with van der Waals surface area (Å²) < 4.78 is 52.7. The van der Waals surface area contributed by atoms with Crippen molar-refractivity contribution < 1.29 is 27.2 Å². The summed E-state index contributed by atoms with van der Waals surface area (Å²) in [7, 11) is 0. The molecule has 0 atom stereocenters. The van der Waals surface area contributed by atoms with Crippen LogP contribution in [0.4, 0.5) is 17.6 Å². The third kappa shape index (κ3) is 3.58. The van der Waals surface area contributed by atoms with Crippen LogP contribution in [0.3, 0.4) is 0 Å². The monoisotopic (exact) mass is 272 g/mol. The van der Waals surface area contributed by atoms with E-state index in [0.29, 0.717) is 12.8 Å². The Labute approximate surface area is 102 Å². The first-order chi connectivity index (χ1) is 8.21. The molecule has 0 radical (unpaired) electrons. The second kappa shape index (κ2) is 6.55. The lowest BCUT2D eigenvalue weighted by molar-refractivity contribution is -0.211. The van der Waals surface area contributed by atoms with Gasteiger partial charge < -0.3 is 10.6 Å². The van der Waals surface area contributed by atoms with Crippen LogP contribution in [0.25, 0.3) is 0 Å². The number of carbonyl (C=O) groups excluding carboxylic acids is 2. The lowest BCUT2D eigenvalue weighted by atomic mass is 10.1. The Hall–Kier alpha value is -1.34. The molecule has 0 aliphatic carbocycles. The van der Waals surface area contributed by atoms with Gasteiger partial charge in [0.15, 0.2) is 0 Å². The van der Waals surface area contributed by atoms with Gasteiger partial charge in [-0.15, -0.1) is 0 Å². The maximum absolute atomic E-state index is 13.2. The highest BCUT2D eigenvalue weighted by Gasteiger charge is 2.66. The molecule has 8 heteroatoms. The number of hydrogen-bond donors (Lipinski definition) is 2. The molecule has 2 amide bonds. The third-order valence-corrected chi connectivity index (χ3v) is 2.04. The van der Waals surface area contributed by atoms with E-state index < -0.39 is 23.7 Å². The van der Waals surface area contributed by atoms with E-state index >= 15 is 0 Å². The van der Waals surface area contributed by atoms with Crippen molar-refractivity contribution in [3.8, 4) is 0 Å². The summed E-state index contributed by atoms with van der Waals surface area (Å²) in [5, 5.41) is 3.28. The van der Waals surface area contributed by atoms with Crippen molar-refractivity contribution in [1.82, 2.24) is 10.6 Å². The van der Waals surface area contributed by atoms with E-state index in [4.69, 9.17) is 0 Å². The van der Waals surface area contributed by atoms with Gasteiger partial charge in [0.05, 0.1) is 0 Å². The molecule has 4 nitrogen and oxygen atoms in total. The Kier molecular flexibility index (Phi) is 6.07. The molecular weight excluding hydrogens is 256 g/mol. The quantitative estimate of drug-likeness (QED) is 0.686. The Morgan fingerprint density at radius 3 is 1.33 bits per heavy atom. The predicted octanol–water partition coefficient (Wildman–Crippen LogP) is 1.31. The molecule has 0 bridgehead atoms. The molecule has 0 aliphatic rings. The number of nitrogens with one attached hydrogen (secondary N) is 2. The summed E-state index contributed by atoms with van der Waals surface area (Å²) in [5.74, 6) is -14.4.